The highest BCUT2D eigenvalue weighted by Crippen LogP contribution is 2.14. The molecule has 6 heteroatoms. The van der Waals surface area contributed by atoms with Crippen LogP contribution in [0.1, 0.15) is 37.8 Å². The Bertz CT molecular complexity index is 690. The standard InChI is InChI=1S/C23H37N5O/c1-4-24-23(25-12-11-21-10-6-5-9-19(21)2)28-17-15-26(16-18-28)20(3)22(29)27-13-7-8-14-27/h5-6,9-10,20H,4,7-8,11-18H2,1-3H3,(H,24,25). The number of guanidine groups is 1. The summed E-state index contributed by atoms with van der Waals surface area (Å²) < 4.78 is 0. The molecule has 29 heavy (non-hydrogen) atoms. The summed E-state index contributed by atoms with van der Waals surface area (Å²) in [5.74, 6) is 1.30. The number of amides is 1. The largest absolute Gasteiger partial charge is 0.357 e. The number of aliphatic imine (C=N–C) groups is 1. The summed E-state index contributed by atoms with van der Waals surface area (Å²) in [4.78, 5) is 24.3. The molecule has 2 heterocycles. The smallest absolute Gasteiger partial charge is 0.239 e. The molecule has 2 aliphatic rings. The number of hydrogen-bond acceptors (Lipinski definition) is 3. The van der Waals surface area contributed by atoms with Gasteiger partial charge in [-0.25, -0.2) is 0 Å². The highest BCUT2D eigenvalue weighted by molar-refractivity contribution is 5.82. The van der Waals surface area contributed by atoms with E-state index in [1.807, 2.05) is 4.90 Å². The van der Waals surface area contributed by atoms with E-state index in [2.05, 4.69) is 60.2 Å². The van der Waals surface area contributed by atoms with Gasteiger partial charge in [0.05, 0.1) is 6.04 Å². The molecule has 0 saturated carbocycles. The molecule has 2 fully saturated rings. The van der Waals surface area contributed by atoms with Crippen LogP contribution in [0.4, 0.5) is 0 Å². The molecule has 1 unspecified atom stereocenters. The van der Waals surface area contributed by atoms with Crippen LogP contribution in [0, 0.1) is 6.92 Å². The number of benzene rings is 1. The average Bonchev–Trinajstić information content (AvgIpc) is 3.28. The van der Waals surface area contributed by atoms with Gasteiger partial charge in [-0.2, -0.15) is 0 Å². The SMILES string of the molecule is CCNC(=NCCc1ccccc1C)N1CCN(C(C)C(=O)N2CCCC2)CC1. The Kier molecular flexibility index (Phi) is 7.92. The van der Waals surface area contributed by atoms with Crippen LogP contribution in [0.2, 0.25) is 0 Å². The fraction of sp³-hybridized carbons (Fsp3) is 0.652. The number of nitrogens with zero attached hydrogens (tertiary/aromatic N) is 4. The molecular formula is C23H37N5O. The first-order valence-electron chi connectivity index (χ1n) is 11.2. The van der Waals surface area contributed by atoms with Gasteiger partial charge < -0.3 is 15.1 Å². The van der Waals surface area contributed by atoms with Crippen LogP contribution in [-0.4, -0.2) is 85.0 Å². The topological polar surface area (TPSA) is 51.2 Å². The second-order valence-corrected chi connectivity index (χ2v) is 8.14. The molecule has 1 aromatic carbocycles. The molecule has 1 N–H and O–H groups in total. The third kappa shape index (κ3) is 5.72. The zero-order chi connectivity index (χ0) is 20.6. The lowest BCUT2D eigenvalue weighted by Crippen LogP contribution is -2.57. The number of aryl methyl sites for hydroxylation is 1. The maximum Gasteiger partial charge on any atom is 0.239 e. The van der Waals surface area contributed by atoms with Gasteiger partial charge in [0.25, 0.3) is 0 Å². The highest BCUT2D eigenvalue weighted by Gasteiger charge is 2.30. The van der Waals surface area contributed by atoms with Crippen LogP contribution in [0.15, 0.2) is 29.3 Å². The molecule has 1 aromatic rings. The van der Waals surface area contributed by atoms with E-state index in [-0.39, 0.29) is 6.04 Å². The number of likely N-dealkylation sites (tertiary alicyclic amines) is 1. The fourth-order valence-electron chi connectivity index (χ4n) is 4.28. The Hall–Kier alpha value is -2.08. The van der Waals surface area contributed by atoms with Crippen molar-refractivity contribution in [1.29, 1.82) is 0 Å². The van der Waals surface area contributed by atoms with Gasteiger partial charge in [-0.05, 0) is 51.2 Å². The van der Waals surface area contributed by atoms with E-state index in [4.69, 9.17) is 4.99 Å². The minimum Gasteiger partial charge on any atom is -0.357 e. The number of piperazine rings is 1. The van der Waals surface area contributed by atoms with Crippen molar-refractivity contribution in [2.24, 2.45) is 4.99 Å². The van der Waals surface area contributed by atoms with E-state index in [1.54, 1.807) is 0 Å². The molecule has 1 atom stereocenters. The molecule has 2 aliphatic heterocycles. The van der Waals surface area contributed by atoms with E-state index in [0.29, 0.717) is 5.91 Å². The predicted molar refractivity (Wildman–Crippen MR) is 119 cm³/mol. The molecular weight excluding hydrogens is 362 g/mol. The lowest BCUT2D eigenvalue weighted by atomic mass is 10.1. The molecule has 0 aliphatic carbocycles. The molecule has 0 aromatic heterocycles. The van der Waals surface area contributed by atoms with Gasteiger partial charge >= 0.3 is 0 Å². The second-order valence-electron chi connectivity index (χ2n) is 8.14. The molecule has 2 saturated heterocycles. The highest BCUT2D eigenvalue weighted by atomic mass is 16.2. The van der Waals surface area contributed by atoms with E-state index in [1.165, 1.54) is 11.1 Å². The second kappa shape index (κ2) is 10.6. The first-order valence-corrected chi connectivity index (χ1v) is 11.2. The quantitative estimate of drug-likeness (QED) is 0.588. The third-order valence-electron chi connectivity index (χ3n) is 6.18. The molecule has 0 bridgehead atoms. The van der Waals surface area contributed by atoms with Crippen molar-refractivity contribution < 1.29 is 4.79 Å². The van der Waals surface area contributed by atoms with Gasteiger partial charge in [-0.1, -0.05) is 24.3 Å². The fourth-order valence-corrected chi connectivity index (χ4v) is 4.28. The van der Waals surface area contributed by atoms with Crippen molar-refractivity contribution in [3.05, 3.63) is 35.4 Å². The van der Waals surface area contributed by atoms with Crippen molar-refractivity contribution in [2.45, 2.75) is 46.1 Å². The number of carbonyl (C=O) groups excluding carboxylic acids is 1. The van der Waals surface area contributed by atoms with Crippen molar-refractivity contribution >= 4 is 11.9 Å². The molecule has 0 radical (unpaired) electrons. The Morgan fingerprint density at radius 1 is 1.07 bits per heavy atom. The Balaban J connectivity index is 1.52. The van der Waals surface area contributed by atoms with E-state index >= 15 is 0 Å². The monoisotopic (exact) mass is 399 g/mol. The van der Waals surface area contributed by atoms with E-state index < -0.39 is 0 Å². The Labute approximate surface area is 176 Å². The maximum absolute atomic E-state index is 12.7. The molecule has 6 nitrogen and oxygen atoms in total. The van der Waals surface area contributed by atoms with Gasteiger partial charge in [0.2, 0.25) is 5.91 Å². The number of carbonyl (C=O) groups is 1. The number of rotatable bonds is 6. The van der Waals surface area contributed by atoms with Crippen molar-refractivity contribution in [3.63, 3.8) is 0 Å². The van der Waals surface area contributed by atoms with Gasteiger partial charge in [0.15, 0.2) is 5.96 Å². The van der Waals surface area contributed by atoms with Crippen molar-refractivity contribution in [3.8, 4) is 0 Å². The first-order chi connectivity index (χ1) is 14.1. The maximum atomic E-state index is 12.7. The summed E-state index contributed by atoms with van der Waals surface area (Å²) in [5.41, 5.74) is 2.70. The molecule has 3 rings (SSSR count). The average molecular weight is 400 g/mol. The molecule has 0 spiro atoms. The van der Waals surface area contributed by atoms with Crippen LogP contribution < -0.4 is 5.32 Å². The summed E-state index contributed by atoms with van der Waals surface area (Å²) in [6.45, 7) is 13.5. The summed E-state index contributed by atoms with van der Waals surface area (Å²) >= 11 is 0. The van der Waals surface area contributed by atoms with Gasteiger partial charge in [0, 0.05) is 52.4 Å². The third-order valence-corrected chi connectivity index (χ3v) is 6.18. The zero-order valence-corrected chi connectivity index (χ0v) is 18.4. The van der Waals surface area contributed by atoms with Crippen molar-refractivity contribution in [1.82, 2.24) is 20.0 Å². The minimum absolute atomic E-state index is 0.0178. The van der Waals surface area contributed by atoms with Crippen LogP contribution in [-0.2, 0) is 11.2 Å². The van der Waals surface area contributed by atoms with Crippen LogP contribution in [0.3, 0.4) is 0 Å². The lowest BCUT2D eigenvalue weighted by molar-refractivity contribution is -0.135. The van der Waals surface area contributed by atoms with E-state index in [9.17, 15) is 4.79 Å². The van der Waals surface area contributed by atoms with Gasteiger partial charge in [-0.3, -0.25) is 14.7 Å². The normalized spacial score (nSPS) is 19.5. The summed E-state index contributed by atoms with van der Waals surface area (Å²) in [7, 11) is 0. The summed E-state index contributed by atoms with van der Waals surface area (Å²) in [5, 5.41) is 3.45. The van der Waals surface area contributed by atoms with E-state index in [0.717, 1.165) is 77.6 Å². The Morgan fingerprint density at radius 2 is 1.76 bits per heavy atom. The zero-order valence-electron chi connectivity index (χ0n) is 18.4. The van der Waals surface area contributed by atoms with Gasteiger partial charge in [0.1, 0.15) is 0 Å². The molecule has 160 valence electrons. The minimum atomic E-state index is -0.0178. The summed E-state index contributed by atoms with van der Waals surface area (Å²) in [6.07, 6.45) is 3.26. The Morgan fingerprint density at radius 3 is 2.41 bits per heavy atom. The lowest BCUT2D eigenvalue weighted by Gasteiger charge is -2.39. The van der Waals surface area contributed by atoms with Crippen molar-refractivity contribution in [2.75, 3.05) is 52.4 Å². The number of hydrogen-bond donors (Lipinski definition) is 1. The number of nitrogens with one attached hydrogen (secondary N) is 1. The van der Waals surface area contributed by atoms with Gasteiger partial charge in [-0.15, -0.1) is 0 Å². The first kappa shape index (κ1) is 21.6. The van der Waals surface area contributed by atoms with Crippen LogP contribution in [0.5, 0.6) is 0 Å². The van der Waals surface area contributed by atoms with Crippen LogP contribution in [0.25, 0.3) is 0 Å². The van der Waals surface area contributed by atoms with Crippen LogP contribution >= 0.6 is 0 Å². The predicted octanol–water partition coefficient (Wildman–Crippen LogP) is 2.13. The molecule has 1 amide bonds. The summed E-state index contributed by atoms with van der Waals surface area (Å²) in [6, 6.07) is 8.52.